The molecule has 0 radical (unpaired) electrons. The summed E-state index contributed by atoms with van der Waals surface area (Å²) < 4.78 is 39.5. The summed E-state index contributed by atoms with van der Waals surface area (Å²) in [7, 11) is 0. The van der Waals surface area contributed by atoms with E-state index in [0.717, 1.165) is 11.0 Å². The van der Waals surface area contributed by atoms with Gasteiger partial charge in [-0.3, -0.25) is 14.4 Å². The average Bonchev–Trinajstić information content (AvgIpc) is 3.00. The van der Waals surface area contributed by atoms with Crippen molar-refractivity contribution in [2.75, 3.05) is 17.2 Å². The maximum Gasteiger partial charge on any atom is 0.586 e. The number of para-hydroxylation sites is 1. The highest BCUT2D eigenvalue weighted by molar-refractivity contribution is 8.01. The maximum atomic E-state index is 13.0. The van der Waals surface area contributed by atoms with Gasteiger partial charge in [0.15, 0.2) is 18.1 Å². The molecule has 156 valence electrons. The molecule has 8 nitrogen and oxygen atoms in total. The lowest BCUT2D eigenvalue weighted by Crippen LogP contribution is -2.32. The maximum absolute atomic E-state index is 13.0. The van der Waals surface area contributed by atoms with Crippen molar-refractivity contribution in [3.63, 3.8) is 0 Å². The highest BCUT2D eigenvalue weighted by Crippen LogP contribution is 2.42. The first-order valence-corrected chi connectivity index (χ1v) is 9.59. The largest absolute Gasteiger partial charge is 0.586 e. The van der Waals surface area contributed by atoms with E-state index in [-0.39, 0.29) is 29.5 Å². The van der Waals surface area contributed by atoms with E-state index in [1.54, 1.807) is 12.1 Å². The number of halogens is 2. The number of nitrogens with one attached hydrogen (secondary N) is 2. The lowest BCUT2D eigenvalue weighted by Gasteiger charge is -2.23. The van der Waals surface area contributed by atoms with Crippen LogP contribution in [0.25, 0.3) is 0 Å². The Bertz CT molecular complexity index is 1030. The minimum atomic E-state index is -3.76. The van der Waals surface area contributed by atoms with Gasteiger partial charge in [0.2, 0.25) is 5.91 Å². The molecule has 0 aromatic heterocycles. The van der Waals surface area contributed by atoms with E-state index in [2.05, 4.69) is 20.1 Å². The highest BCUT2D eigenvalue weighted by atomic mass is 32.2. The number of hydrogen-bond donors (Lipinski definition) is 2. The van der Waals surface area contributed by atoms with Gasteiger partial charge in [0.1, 0.15) is 0 Å². The summed E-state index contributed by atoms with van der Waals surface area (Å²) in [5.74, 6) is -2.11. The fourth-order valence-electron chi connectivity index (χ4n) is 2.81. The number of fused-ring (bicyclic) bond motifs is 2. The molecule has 2 heterocycles. The Morgan fingerprint density at radius 2 is 1.93 bits per heavy atom. The van der Waals surface area contributed by atoms with E-state index >= 15 is 0 Å². The minimum Gasteiger partial charge on any atom is -0.456 e. The number of anilines is 2. The molecule has 0 bridgehead atoms. The van der Waals surface area contributed by atoms with Gasteiger partial charge in [-0.1, -0.05) is 12.1 Å². The van der Waals surface area contributed by atoms with E-state index < -0.39 is 30.0 Å². The first-order chi connectivity index (χ1) is 14.3. The van der Waals surface area contributed by atoms with Gasteiger partial charge in [-0.05, 0) is 24.3 Å². The number of rotatable bonds is 5. The predicted molar refractivity (Wildman–Crippen MR) is 102 cm³/mol. The highest BCUT2D eigenvalue weighted by Gasteiger charge is 2.43. The second-order valence-corrected chi connectivity index (χ2v) is 7.58. The van der Waals surface area contributed by atoms with Gasteiger partial charge < -0.3 is 24.8 Å². The predicted octanol–water partition coefficient (Wildman–Crippen LogP) is 2.99. The van der Waals surface area contributed by atoms with Crippen LogP contribution in [0.2, 0.25) is 0 Å². The minimum absolute atomic E-state index is 0.158. The van der Waals surface area contributed by atoms with Gasteiger partial charge in [0, 0.05) is 16.6 Å². The number of thioether (sulfide) groups is 1. The molecule has 2 aliphatic heterocycles. The lowest BCUT2D eigenvalue weighted by molar-refractivity contribution is -0.286. The fraction of sp³-hybridized carbons (Fsp3) is 0.211. The monoisotopic (exact) mass is 436 g/mol. The van der Waals surface area contributed by atoms with E-state index in [1.807, 2.05) is 12.1 Å². The average molecular weight is 436 g/mol. The molecule has 0 saturated heterocycles. The van der Waals surface area contributed by atoms with Crippen molar-refractivity contribution in [2.45, 2.75) is 22.9 Å². The molecule has 4 rings (SSSR count). The summed E-state index contributed by atoms with van der Waals surface area (Å²) in [4.78, 5) is 37.0. The third-order valence-corrected chi connectivity index (χ3v) is 5.38. The van der Waals surface area contributed by atoms with Crippen LogP contribution >= 0.6 is 11.8 Å². The van der Waals surface area contributed by atoms with Crippen LogP contribution in [0.4, 0.5) is 20.2 Å². The van der Waals surface area contributed by atoms with Gasteiger partial charge in [0.25, 0.3) is 5.91 Å². The van der Waals surface area contributed by atoms with Crippen LogP contribution in [0.3, 0.4) is 0 Å². The summed E-state index contributed by atoms with van der Waals surface area (Å²) in [5.41, 5.74) is 0.841. The van der Waals surface area contributed by atoms with Crippen LogP contribution in [0.5, 0.6) is 11.5 Å². The van der Waals surface area contributed by atoms with Gasteiger partial charge >= 0.3 is 12.3 Å². The third-order valence-electron chi connectivity index (χ3n) is 4.11. The molecule has 0 unspecified atom stereocenters. The fourth-order valence-corrected chi connectivity index (χ4v) is 3.90. The van der Waals surface area contributed by atoms with Crippen LogP contribution < -0.4 is 20.1 Å². The molecule has 2 N–H and O–H groups in total. The van der Waals surface area contributed by atoms with Crippen molar-refractivity contribution < 1.29 is 37.4 Å². The van der Waals surface area contributed by atoms with Crippen molar-refractivity contribution in [1.29, 1.82) is 0 Å². The zero-order valence-corrected chi connectivity index (χ0v) is 16.0. The molecule has 2 aromatic rings. The first kappa shape index (κ1) is 20.0. The second kappa shape index (κ2) is 7.82. The summed E-state index contributed by atoms with van der Waals surface area (Å²) in [6.45, 7) is -0.598. The molecular weight excluding hydrogens is 422 g/mol. The van der Waals surface area contributed by atoms with E-state index in [9.17, 15) is 23.2 Å². The summed E-state index contributed by atoms with van der Waals surface area (Å²) >= 11 is 1.24. The van der Waals surface area contributed by atoms with Crippen molar-refractivity contribution in [3.8, 4) is 11.5 Å². The van der Waals surface area contributed by atoms with E-state index in [0.29, 0.717) is 5.69 Å². The summed E-state index contributed by atoms with van der Waals surface area (Å²) in [6, 6.07) is 10.9. The SMILES string of the molecule is O=C(COC(=O)C[C@@H]1Sc2ccccc2NC1=O)Nc1ccc2c(c1)OC(F)(F)O2. The van der Waals surface area contributed by atoms with Crippen LogP contribution in [0.1, 0.15) is 6.42 Å². The summed E-state index contributed by atoms with van der Waals surface area (Å²) in [5, 5.41) is 4.44. The molecule has 0 saturated carbocycles. The Hall–Kier alpha value is -3.34. The van der Waals surface area contributed by atoms with Crippen LogP contribution in [-0.2, 0) is 19.1 Å². The second-order valence-electron chi connectivity index (χ2n) is 6.33. The van der Waals surface area contributed by atoms with Gasteiger partial charge in [-0.2, -0.15) is 0 Å². The molecular formula is C19H14F2N2O6S. The zero-order chi connectivity index (χ0) is 21.3. The van der Waals surface area contributed by atoms with Crippen molar-refractivity contribution >= 4 is 40.9 Å². The molecule has 11 heteroatoms. The number of benzene rings is 2. The molecule has 0 spiro atoms. The Morgan fingerprint density at radius 3 is 2.77 bits per heavy atom. The third kappa shape index (κ3) is 4.46. The van der Waals surface area contributed by atoms with Crippen molar-refractivity contribution in [2.24, 2.45) is 0 Å². The Morgan fingerprint density at radius 1 is 1.17 bits per heavy atom. The van der Waals surface area contributed by atoms with Crippen LogP contribution in [0.15, 0.2) is 47.4 Å². The van der Waals surface area contributed by atoms with Gasteiger partial charge in [-0.15, -0.1) is 20.5 Å². The molecule has 1 atom stereocenters. The Balaban J connectivity index is 1.27. The van der Waals surface area contributed by atoms with Crippen molar-refractivity contribution in [1.82, 2.24) is 0 Å². The number of alkyl halides is 2. The molecule has 2 aromatic carbocycles. The van der Waals surface area contributed by atoms with Crippen LogP contribution in [0, 0.1) is 0 Å². The lowest BCUT2D eigenvalue weighted by atomic mass is 10.2. The topological polar surface area (TPSA) is 103 Å². The first-order valence-electron chi connectivity index (χ1n) is 8.71. The normalized spacial score (nSPS) is 18.2. The molecule has 30 heavy (non-hydrogen) atoms. The van der Waals surface area contributed by atoms with Gasteiger partial charge in [-0.25, -0.2) is 0 Å². The van der Waals surface area contributed by atoms with Gasteiger partial charge in [0.05, 0.1) is 17.4 Å². The van der Waals surface area contributed by atoms with E-state index in [4.69, 9.17) is 4.74 Å². The Labute approximate surface area is 172 Å². The number of ether oxygens (including phenoxy) is 3. The molecule has 2 aliphatic rings. The molecule has 0 aliphatic carbocycles. The number of amides is 2. The quantitative estimate of drug-likeness (QED) is 0.695. The van der Waals surface area contributed by atoms with Crippen LogP contribution in [-0.4, -0.2) is 35.9 Å². The number of carbonyl (C=O) groups excluding carboxylic acids is 3. The smallest absolute Gasteiger partial charge is 0.456 e. The summed E-state index contributed by atoms with van der Waals surface area (Å²) in [6.07, 6.45) is -3.97. The Kier molecular flexibility index (Phi) is 5.20. The number of hydrogen-bond acceptors (Lipinski definition) is 7. The number of esters is 1. The van der Waals surface area contributed by atoms with Crippen molar-refractivity contribution in [3.05, 3.63) is 42.5 Å². The number of carbonyl (C=O) groups is 3. The molecule has 2 amide bonds. The van der Waals surface area contributed by atoms with E-state index in [1.165, 1.54) is 23.9 Å². The standard InChI is InChI=1S/C19H14F2N2O6S/c20-19(21)28-12-6-5-10(7-13(12)29-19)22-16(24)9-27-17(25)8-15-18(26)23-11-3-1-2-4-14(11)30-15/h1-7,15H,8-9H2,(H,22,24)(H,23,26)/t15-/m0/s1. The zero-order valence-electron chi connectivity index (χ0n) is 15.1. The molecule has 0 fully saturated rings.